The first kappa shape index (κ1) is 23.7. The van der Waals surface area contributed by atoms with E-state index in [1.807, 2.05) is 32.9 Å². The van der Waals surface area contributed by atoms with Gasteiger partial charge in [0.1, 0.15) is 11.2 Å². The summed E-state index contributed by atoms with van der Waals surface area (Å²) in [4.78, 5) is 23.4. The minimum atomic E-state index is -0.880. The van der Waals surface area contributed by atoms with E-state index in [0.717, 1.165) is 19.3 Å². The zero-order chi connectivity index (χ0) is 22.0. The SMILES string of the molecule is CC(=O)OC(C)(C)[C@@H]1CC[C@]2(C)/C=C/[C@@H](C)C/C=C/[C@@](C)(OC(C)=O)C[C@H](O)[C@@H]12. The van der Waals surface area contributed by atoms with Gasteiger partial charge in [-0.1, -0.05) is 32.1 Å². The second-order valence-corrected chi connectivity index (χ2v) is 10.0. The summed E-state index contributed by atoms with van der Waals surface area (Å²) in [7, 11) is 0. The van der Waals surface area contributed by atoms with E-state index in [4.69, 9.17) is 9.47 Å². The number of hydrogen-bond acceptors (Lipinski definition) is 5. The van der Waals surface area contributed by atoms with Gasteiger partial charge in [-0.2, -0.15) is 0 Å². The highest BCUT2D eigenvalue weighted by atomic mass is 16.6. The van der Waals surface area contributed by atoms with Crippen LogP contribution in [-0.4, -0.2) is 34.4 Å². The van der Waals surface area contributed by atoms with Crippen LogP contribution in [-0.2, 0) is 19.1 Å². The Balaban J connectivity index is 2.48. The molecule has 1 saturated carbocycles. The molecule has 0 spiro atoms. The van der Waals surface area contributed by atoms with Gasteiger partial charge in [0.05, 0.1) is 6.10 Å². The zero-order valence-electron chi connectivity index (χ0n) is 19.0. The summed E-state index contributed by atoms with van der Waals surface area (Å²) in [5.41, 5.74) is -1.80. The minimum absolute atomic E-state index is 0.00216. The van der Waals surface area contributed by atoms with Gasteiger partial charge in [0.2, 0.25) is 0 Å². The van der Waals surface area contributed by atoms with Crippen LogP contribution in [0.5, 0.6) is 0 Å². The van der Waals surface area contributed by atoms with Crippen molar-refractivity contribution < 1.29 is 24.2 Å². The standard InChI is InChI=1S/C24H38O5/c1-16-9-8-12-24(7,29-18(3)26)15-20(27)21-19(22(4,5)28-17(2)25)11-14-23(21,6)13-10-16/h8,10,12-13,16,19-21,27H,9,11,14-15H2,1-7H3/b12-8+,13-10+/t16-,19+,20-,21+,23-,24+/m0/s1. The van der Waals surface area contributed by atoms with Crippen molar-refractivity contribution in [3.8, 4) is 0 Å². The molecule has 0 aromatic carbocycles. The first-order valence-electron chi connectivity index (χ1n) is 10.7. The van der Waals surface area contributed by atoms with Crippen molar-refractivity contribution in [1.29, 1.82) is 0 Å². The normalized spacial score (nSPS) is 40.3. The van der Waals surface area contributed by atoms with Crippen LogP contribution in [0, 0.1) is 23.2 Å². The average molecular weight is 407 g/mol. The fourth-order valence-corrected chi connectivity index (χ4v) is 5.41. The van der Waals surface area contributed by atoms with Gasteiger partial charge in [0.25, 0.3) is 0 Å². The number of allylic oxidation sites excluding steroid dienone is 3. The molecule has 6 atom stereocenters. The molecule has 29 heavy (non-hydrogen) atoms. The molecular formula is C24H38O5. The van der Waals surface area contributed by atoms with Crippen molar-refractivity contribution in [3.05, 3.63) is 24.3 Å². The Hall–Kier alpha value is -1.62. The summed E-state index contributed by atoms with van der Waals surface area (Å²) in [5, 5.41) is 11.4. The van der Waals surface area contributed by atoms with Gasteiger partial charge in [-0.25, -0.2) is 0 Å². The molecule has 5 nitrogen and oxygen atoms in total. The lowest BCUT2D eigenvalue weighted by atomic mass is 9.68. The fourth-order valence-electron chi connectivity index (χ4n) is 5.41. The van der Waals surface area contributed by atoms with E-state index >= 15 is 0 Å². The van der Waals surface area contributed by atoms with Crippen LogP contribution in [0.2, 0.25) is 0 Å². The molecule has 0 radical (unpaired) electrons. The first-order valence-corrected chi connectivity index (χ1v) is 10.7. The molecule has 0 unspecified atom stereocenters. The van der Waals surface area contributed by atoms with Crippen LogP contribution >= 0.6 is 0 Å². The molecule has 5 heteroatoms. The molecule has 0 amide bonds. The molecule has 2 aliphatic rings. The molecule has 0 bridgehead atoms. The maximum atomic E-state index is 11.7. The topological polar surface area (TPSA) is 72.8 Å². The van der Waals surface area contributed by atoms with E-state index in [2.05, 4.69) is 26.0 Å². The van der Waals surface area contributed by atoms with Crippen LogP contribution in [0.15, 0.2) is 24.3 Å². The van der Waals surface area contributed by atoms with Crippen molar-refractivity contribution in [2.24, 2.45) is 23.2 Å². The van der Waals surface area contributed by atoms with Crippen molar-refractivity contribution in [1.82, 2.24) is 0 Å². The van der Waals surface area contributed by atoms with Crippen molar-refractivity contribution in [3.63, 3.8) is 0 Å². The first-order chi connectivity index (χ1) is 13.3. The molecular weight excluding hydrogens is 368 g/mol. The van der Waals surface area contributed by atoms with Crippen LogP contribution in [0.4, 0.5) is 0 Å². The van der Waals surface area contributed by atoms with E-state index in [0.29, 0.717) is 12.3 Å². The van der Waals surface area contributed by atoms with Crippen LogP contribution in [0.3, 0.4) is 0 Å². The summed E-state index contributed by atoms with van der Waals surface area (Å²) >= 11 is 0. The quantitative estimate of drug-likeness (QED) is 0.548. The van der Waals surface area contributed by atoms with Gasteiger partial charge in [-0.3, -0.25) is 9.59 Å². The average Bonchev–Trinajstić information content (AvgIpc) is 2.88. The smallest absolute Gasteiger partial charge is 0.303 e. The minimum Gasteiger partial charge on any atom is -0.460 e. The van der Waals surface area contributed by atoms with Gasteiger partial charge in [-0.05, 0) is 57.4 Å². The van der Waals surface area contributed by atoms with Crippen LogP contribution in [0.1, 0.15) is 74.1 Å². The Morgan fingerprint density at radius 2 is 1.79 bits per heavy atom. The van der Waals surface area contributed by atoms with Gasteiger partial charge in [-0.15, -0.1) is 0 Å². The third-order valence-corrected chi connectivity index (χ3v) is 6.68. The van der Waals surface area contributed by atoms with Crippen LogP contribution < -0.4 is 0 Å². The number of aliphatic hydroxyl groups is 1. The van der Waals surface area contributed by atoms with Crippen molar-refractivity contribution in [2.75, 3.05) is 0 Å². The lowest BCUT2D eigenvalue weighted by Gasteiger charge is -2.43. The summed E-state index contributed by atoms with van der Waals surface area (Å²) in [6.45, 7) is 12.9. The van der Waals surface area contributed by atoms with E-state index < -0.39 is 17.3 Å². The van der Waals surface area contributed by atoms with E-state index in [1.54, 1.807) is 0 Å². The molecule has 2 aliphatic carbocycles. The molecule has 1 N–H and O–H groups in total. The van der Waals surface area contributed by atoms with Crippen molar-refractivity contribution in [2.45, 2.75) is 91.5 Å². The highest BCUT2D eigenvalue weighted by molar-refractivity contribution is 5.67. The molecule has 0 aromatic heterocycles. The van der Waals surface area contributed by atoms with Crippen molar-refractivity contribution >= 4 is 11.9 Å². The number of ether oxygens (including phenoxy) is 2. The second-order valence-electron chi connectivity index (χ2n) is 10.0. The van der Waals surface area contributed by atoms with Gasteiger partial charge >= 0.3 is 11.9 Å². The number of carbonyl (C=O) groups is 2. The fraction of sp³-hybridized carbons (Fsp3) is 0.750. The molecule has 2 rings (SSSR count). The molecule has 0 aromatic rings. The Morgan fingerprint density at radius 3 is 2.38 bits per heavy atom. The lowest BCUT2D eigenvalue weighted by molar-refractivity contribution is -0.166. The Labute approximate surface area is 175 Å². The largest absolute Gasteiger partial charge is 0.460 e. The van der Waals surface area contributed by atoms with Gasteiger partial charge in [0.15, 0.2) is 0 Å². The molecule has 164 valence electrons. The number of hydrogen-bond donors (Lipinski definition) is 1. The lowest BCUT2D eigenvalue weighted by Crippen LogP contribution is -2.47. The highest BCUT2D eigenvalue weighted by Gasteiger charge is 2.54. The number of rotatable bonds is 3. The Morgan fingerprint density at radius 1 is 1.14 bits per heavy atom. The number of aliphatic hydroxyl groups excluding tert-OH is 1. The van der Waals surface area contributed by atoms with E-state index in [1.165, 1.54) is 13.8 Å². The predicted octanol–water partition coefficient (Wildman–Crippen LogP) is 4.59. The highest BCUT2D eigenvalue weighted by Crippen LogP contribution is 2.55. The van der Waals surface area contributed by atoms with E-state index in [-0.39, 0.29) is 29.2 Å². The second kappa shape index (κ2) is 8.63. The van der Waals surface area contributed by atoms with Gasteiger partial charge in [0, 0.05) is 32.1 Å². The number of esters is 2. The maximum Gasteiger partial charge on any atom is 0.303 e. The number of fused-ring (bicyclic) bond motifs is 1. The number of carbonyl (C=O) groups excluding carboxylic acids is 2. The third-order valence-electron chi connectivity index (χ3n) is 6.68. The maximum absolute atomic E-state index is 11.7. The molecule has 0 saturated heterocycles. The third kappa shape index (κ3) is 5.71. The Bertz CT molecular complexity index is 679. The van der Waals surface area contributed by atoms with Crippen LogP contribution in [0.25, 0.3) is 0 Å². The van der Waals surface area contributed by atoms with E-state index in [9.17, 15) is 14.7 Å². The zero-order valence-corrected chi connectivity index (χ0v) is 19.0. The summed E-state index contributed by atoms with van der Waals surface area (Å²) in [5.74, 6) is -0.469. The summed E-state index contributed by atoms with van der Waals surface area (Å²) in [6, 6.07) is 0. The molecule has 0 heterocycles. The predicted molar refractivity (Wildman–Crippen MR) is 113 cm³/mol. The molecule has 1 fully saturated rings. The summed E-state index contributed by atoms with van der Waals surface area (Å²) < 4.78 is 11.3. The summed E-state index contributed by atoms with van der Waals surface area (Å²) in [6.07, 6.45) is 10.6. The molecule has 0 aliphatic heterocycles. The van der Waals surface area contributed by atoms with Gasteiger partial charge < -0.3 is 14.6 Å². The Kier molecular flexibility index (Phi) is 7.04. The monoisotopic (exact) mass is 406 g/mol.